The Bertz CT molecular complexity index is 148. The zero-order chi connectivity index (χ0) is 9.30. The maximum atomic E-state index is 9.44. The molecule has 3 N–H and O–H groups in total. The fourth-order valence-corrected chi connectivity index (χ4v) is 1.48. The first kappa shape index (κ1) is 9.92. The lowest BCUT2D eigenvalue weighted by molar-refractivity contribution is -0.0369. The highest BCUT2D eigenvalue weighted by Gasteiger charge is 2.43. The van der Waals surface area contributed by atoms with Crippen LogP contribution in [0.4, 0.5) is 0 Å². The summed E-state index contributed by atoms with van der Waals surface area (Å²) < 4.78 is 5.25. The van der Waals surface area contributed by atoms with Crippen molar-refractivity contribution in [3.05, 3.63) is 0 Å². The van der Waals surface area contributed by atoms with Gasteiger partial charge in [0.25, 0.3) is 0 Å². The quantitative estimate of drug-likeness (QED) is 0.511. The van der Waals surface area contributed by atoms with Gasteiger partial charge in [-0.2, -0.15) is 0 Å². The van der Waals surface area contributed by atoms with E-state index in [4.69, 9.17) is 9.84 Å². The van der Waals surface area contributed by atoms with Gasteiger partial charge in [-0.05, 0) is 5.92 Å². The van der Waals surface area contributed by atoms with Crippen LogP contribution in [-0.4, -0.2) is 46.3 Å². The molecule has 1 saturated heterocycles. The predicted molar refractivity (Wildman–Crippen MR) is 42.6 cm³/mol. The summed E-state index contributed by atoms with van der Waals surface area (Å²) in [6.45, 7) is 3.56. The van der Waals surface area contributed by atoms with Gasteiger partial charge in [0.1, 0.15) is 18.3 Å². The highest BCUT2D eigenvalue weighted by Crippen LogP contribution is 2.25. The summed E-state index contributed by atoms with van der Waals surface area (Å²) in [5.74, 6) is 0.145. The maximum absolute atomic E-state index is 9.44. The first-order valence-corrected chi connectivity index (χ1v) is 4.20. The van der Waals surface area contributed by atoms with Crippen LogP contribution < -0.4 is 0 Å². The molecule has 0 aromatic heterocycles. The Morgan fingerprint density at radius 2 is 1.83 bits per heavy atom. The number of hydrogen-bond acceptors (Lipinski definition) is 4. The molecule has 0 aromatic rings. The van der Waals surface area contributed by atoms with Crippen LogP contribution in [0, 0.1) is 5.92 Å². The molecule has 1 rings (SSSR count). The number of aliphatic hydroxyl groups excluding tert-OH is 3. The fraction of sp³-hybridized carbons (Fsp3) is 1.00. The zero-order valence-electron chi connectivity index (χ0n) is 7.34. The molecule has 0 aliphatic carbocycles. The van der Waals surface area contributed by atoms with Gasteiger partial charge in [-0.3, -0.25) is 0 Å². The van der Waals surface area contributed by atoms with Gasteiger partial charge in [0.05, 0.1) is 12.7 Å². The van der Waals surface area contributed by atoms with Crippen molar-refractivity contribution >= 4 is 0 Å². The molecule has 4 nitrogen and oxygen atoms in total. The molecular formula is C8H16O4. The summed E-state index contributed by atoms with van der Waals surface area (Å²) in [7, 11) is 0. The summed E-state index contributed by atoms with van der Waals surface area (Å²) in [5, 5.41) is 27.5. The molecular weight excluding hydrogens is 160 g/mol. The van der Waals surface area contributed by atoms with Gasteiger partial charge in [0, 0.05) is 0 Å². The molecule has 1 aliphatic heterocycles. The van der Waals surface area contributed by atoms with Crippen LogP contribution in [0.15, 0.2) is 0 Å². The zero-order valence-corrected chi connectivity index (χ0v) is 7.34. The Balaban J connectivity index is 2.60. The Kier molecular flexibility index (Phi) is 3.06. The van der Waals surface area contributed by atoms with Gasteiger partial charge in [0.15, 0.2) is 0 Å². The van der Waals surface area contributed by atoms with Gasteiger partial charge in [-0.1, -0.05) is 13.8 Å². The minimum atomic E-state index is -0.956. The molecule has 0 aromatic carbocycles. The van der Waals surface area contributed by atoms with Crippen molar-refractivity contribution in [1.29, 1.82) is 0 Å². The van der Waals surface area contributed by atoms with Crippen LogP contribution in [0.25, 0.3) is 0 Å². The topological polar surface area (TPSA) is 69.9 Å². The van der Waals surface area contributed by atoms with Crippen LogP contribution >= 0.6 is 0 Å². The van der Waals surface area contributed by atoms with E-state index in [0.717, 1.165) is 0 Å². The second-order valence-electron chi connectivity index (χ2n) is 3.55. The third-order valence-corrected chi connectivity index (χ3v) is 2.24. The summed E-state index contributed by atoms with van der Waals surface area (Å²) >= 11 is 0. The van der Waals surface area contributed by atoms with Gasteiger partial charge in [0.2, 0.25) is 0 Å². The third-order valence-electron chi connectivity index (χ3n) is 2.24. The first-order valence-electron chi connectivity index (χ1n) is 4.20. The van der Waals surface area contributed by atoms with Gasteiger partial charge >= 0.3 is 0 Å². The molecule has 72 valence electrons. The molecule has 1 heterocycles. The number of hydrogen-bond donors (Lipinski definition) is 3. The van der Waals surface area contributed by atoms with Crippen LogP contribution in [0.5, 0.6) is 0 Å². The van der Waals surface area contributed by atoms with E-state index in [1.165, 1.54) is 0 Å². The molecule has 0 spiro atoms. The van der Waals surface area contributed by atoms with E-state index < -0.39 is 18.3 Å². The summed E-state index contributed by atoms with van der Waals surface area (Å²) in [4.78, 5) is 0. The van der Waals surface area contributed by atoms with Crippen LogP contribution in [0.3, 0.4) is 0 Å². The lowest BCUT2D eigenvalue weighted by Crippen LogP contribution is -2.35. The lowest BCUT2D eigenvalue weighted by Gasteiger charge is -2.17. The minimum Gasteiger partial charge on any atom is -0.394 e. The van der Waals surface area contributed by atoms with E-state index in [0.29, 0.717) is 0 Å². The Morgan fingerprint density at radius 3 is 2.08 bits per heavy atom. The summed E-state index contributed by atoms with van der Waals surface area (Å²) in [6.07, 6.45) is -2.82. The minimum absolute atomic E-state index is 0.145. The number of ether oxygens (including phenoxy) is 1. The summed E-state index contributed by atoms with van der Waals surface area (Å²) in [6, 6.07) is 0. The highest BCUT2D eigenvalue weighted by molar-refractivity contribution is 4.91. The van der Waals surface area contributed by atoms with Crippen molar-refractivity contribution in [3.8, 4) is 0 Å². The smallest absolute Gasteiger partial charge is 0.111 e. The van der Waals surface area contributed by atoms with Gasteiger partial charge < -0.3 is 20.1 Å². The van der Waals surface area contributed by atoms with E-state index in [1.807, 2.05) is 13.8 Å². The van der Waals surface area contributed by atoms with Gasteiger partial charge in [-0.15, -0.1) is 0 Å². The van der Waals surface area contributed by atoms with Crippen molar-refractivity contribution < 1.29 is 20.1 Å². The monoisotopic (exact) mass is 176 g/mol. The number of rotatable bonds is 2. The van der Waals surface area contributed by atoms with Crippen molar-refractivity contribution in [3.63, 3.8) is 0 Å². The highest BCUT2D eigenvalue weighted by atomic mass is 16.6. The third kappa shape index (κ3) is 1.61. The molecule has 1 fully saturated rings. The van der Waals surface area contributed by atoms with Crippen molar-refractivity contribution in [2.75, 3.05) is 6.61 Å². The van der Waals surface area contributed by atoms with Crippen LogP contribution in [0.2, 0.25) is 0 Å². The lowest BCUT2D eigenvalue weighted by atomic mass is 10.00. The SMILES string of the molecule is CC(C)C1O[C@H](CO)[C@@H](O)[C@H]1O. The molecule has 0 radical (unpaired) electrons. The van der Waals surface area contributed by atoms with Crippen molar-refractivity contribution in [2.45, 2.75) is 38.3 Å². The van der Waals surface area contributed by atoms with Gasteiger partial charge in [-0.25, -0.2) is 0 Å². The van der Waals surface area contributed by atoms with E-state index in [1.54, 1.807) is 0 Å². The van der Waals surface area contributed by atoms with E-state index in [9.17, 15) is 10.2 Å². The molecule has 4 atom stereocenters. The van der Waals surface area contributed by atoms with Crippen LogP contribution in [-0.2, 0) is 4.74 Å². The molecule has 1 unspecified atom stereocenters. The van der Waals surface area contributed by atoms with E-state index in [2.05, 4.69) is 0 Å². The predicted octanol–water partition coefficient (Wildman–Crippen LogP) is -0.876. The second-order valence-corrected chi connectivity index (χ2v) is 3.55. The van der Waals surface area contributed by atoms with Crippen molar-refractivity contribution in [1.82, 2.24) is 0 Å². The molecule has 4 heteroatoms. The maximum Gasteiger partial charge on any atom is 0.111 e. The summed E-state index contributed by atoms with van der Waals surface area (Å²) in [5.41, 5.74) is 0. The van der Waals surface area contributed by atoms with Crippen LogP contribution in [0.1, 0.15) is 13.8 Å². The largest absolute Gasteiger partial charge is 0.394 e. The fourth-order valence-electron chi connectivity index (χ4n) is 1.48. The Hall–Kier alpha value is -0.160. The van der Waals surface area contributed by atoms with E-state index >= 15 is 0 Å². The van der Waals surface area contributed by atoms with Crippen molar-refractivity contribution in [2.24, 2.45) is 5.92 Å². The normalized spacial score (nSPS) is 42.5. The Morgan fingerprint density at radius 1 is 1.25 bits per heavy atom. The number of aliphatic hydroxyl groups is 3. The molecule has 0 bridgehead atoms. The molecule has 12 heavy (non-hydrogen) atoms. The molecule has 0 amide bonds. The second kappa shape index (κ2) is 3.70. The van der Waals surface area contributed by atoms with E-state index in [-0.39, 0.29) is 18.6 Å². The standard InChI is InChI=1S/C8H16O4/c1-4(2)8-7(11)6(10)5(3-9)12-8/h4-11H,3H2,1-2H3/t5-,6-,7-,8?/m1/s1. The molecule has 1 aliphatic rings. The molecule has 0 saturated carbocycles. The Labute approximate surface area is 71.8 Å². The average Bonchev–Trinajstić information content (AvgIpc) is 2.30. The average molecular weight is 176 g/mol. The first-order chi connectivity index (χ1) is 5.57.